The molecule has 0 aromatic carbocycles. The normalized spacial score (nSPS) is 34.0. The molecule has 2 N–H and O–H groups in total. The summed E-state index contributed by atoms with van der Waals surface area (Å²) in [4.78, 5) is 241. The van der Waals surface area contributed by atoms with Gasteiger partial charge in [0.15, 0.2) is 92.5 Å². The molecule has 48 nitrogen and oxygen atoms in total. The Bertz CT molecular complexity index is 3950. The summed E-state index contributed by atoms with van der Waals surface area (Å²) in [5.41, 5.74) is 0. The summed E-state index contributed by atoms with van der Waals surface area (Å²) in [5, 5.41) is 5.13. The van der Waals surface area contributed by atoms with Gasteiger partial charge in [0.1, 0.15) is 88.0 Å². The summed E-state index contributed by atoms with van der Waals surface area (Å²) >= 11 is 0. The molecule has 7 aliphatic heterocycles. The molecule has 0 aromatic heterocycles. The van der Waals surface area contributed by atoms with Gasteiger partial charge in [0, 0.05) is 130 Å². The summed E-state index contributed by atoms with van der Waals surface area (Å²) < 4.78 is 171. The quantitative estimate of drug-likeness (QED) is 0.0309. The molecule has 48 heteroatoms. The standard InChI is InChI=1S/C77H106N2O46/c1-21-22-98-70-30(2)57(107-41(13)89)59(52(114-70)26-100-35(7)83)119-73-69-66(124-77(75(97)121-69)24-50(105-39(11)87)56(79-33(5)81)63(123-77)60(109-43(15)91)51(106-40(12)88)25-99-34(6)82)62(54(115-73)28-102-37(9)85)118-71-49(78-32(4)80)23-76(122-48(20)96,55(117-71)29-103-38(10)86)125-74-68(65(112-46(18)94)61(110-44(16)92)53(116-74)27-101-36(8)84)120-72-67(113-47(19)95)64(111-45(17)93)58(31(3)104-72)108-42(14)90/h21,30-31,49-74H,1,22-29H2,2-20H3,(H,78,80)(H,79,81)/t30?,31?,49?,50?,51-,52?,53?,54?,55?,56+,57-,58+,59+,60-,61+,62+,63-,64-,65+,66+,67?,68?,69?,70-,71+,72+,73+,74+,76+,77+/m1/s1. The van der Waals surface area contributed by atoms with Crippen LogP contribution in [0.2, 0.25) is 0 Å². The average Bonchev–Trinajstić information content (AvgIpc) is 0.721. The van der Waals surface area contributed by atoms with Crippen molar-refractivity contribution >= 4 is 107 Å². The molecular formula is C77H106N2O46. The number of nitrogens with one attached hydrogen (secondary N) is 2. The van der Waals surface area contributed by atoms with Crippen molar-refractivity contribution in [2.45, 2.75) is 322 Å². The van der Waals surface area contributed by atoms with Crippen molar-refractivity contribution in [1.29, 1.82) is 0 Å². The zero-order valence-corrected chi connectivity index (χ0v) is 71.9. The summed E-state index contributed by atoms with van der Waals surface area (Å²) in [6.07, 6.45) is -50.6. The second-order valence-electron chi connectivity index (χ2n) is 29.7. The van der Waals surface area contributed by atoms with Gasteiger partial charge in [0.25, 0.3) is 5.79 Å². The molecule has 0 aromatic rings. The first-order valence-corrected chi connectivity index (χ1v) is 39.2. The van der Waals surface area contributed by atoms with Crippen LogP contribution >= 0.6 is 0 Å². The second-order valence-corrected chi connectivity index (χ2v) is 29.7. The maximum Gasteiger partial charge on any atom is 0.367 e. The molecule has 7 rings (SSSR count). The highest BCUT2D eigenvalue weighted by atomic mass is 16.9. The zero-order valence-electron chi connectivity index (χ0n) is 71.9. The van der Waals surface area contributed by atoms with Gasteiger partial charge < -0.3 is 143 Å². The first kappa shape index (κ1) is 102. The highest BCUT2D eigenvalue weighted by molar-refractivity contribution is 5.80. The molecule has 7 saturated heterocycles. The van der Waals surface area contributed by atoms with E-state index >= 15 is 4.79 Å². The van der Waals surface area contributed by atoms with Crippen molar-refractivity contribution in [2.75, 3.05) is 39.6 Å². The molecular weight excluding hydrogens is 1690 g/mol. The van der Waals surface area contributed by atoms with Gasteiger partial charge in [-0.25, -0.2) is 4.79 Å². The Labute approximate surface area is 714 Å². The second kappa shape index (κ2) is 45.2. The van der Waals surface area contributed by atoms with E-state index in [4.69, 9.17) is 133 Å². The van der Waals surface area contributed by atoms with E-state index in [2.05, 4.69) is 17.2 Å². The van der Waals surface area contributed by atoms with Gasteiger partial charge in [-0.05, 0) is 6.92 Å². The molecule has 7 aliphatic rings. The van der Waals surface area contributed by atoms with Crippen molar-refractivity contribution in [3.05, 3.63) is 12.7 Å². The lowest BCUT2D eigenvalue weighted by atomic mass is 9.86. The number of hydrogen-bond donors (Lipinski definition) is 2. The van der Waals surface area contributed by atoms with Crippen LogP contribution in [0.15, 0.2) is 12.7 Å². The maximum absolute atomic E-state index is 15.9. The van der Waals surface area contributed by atoms with E-state index in [1.165, 1.54) is 19.9 Å². The van der Waals surface area contributed by atoms with Gasteiger partial charge in [-0.2, -0.15) is 0 Å². The van der Waals surface area contributed by atoms with E-state index in [-0.39, 0.29) is 6.61 Å². The Morgan fingerprint density at radius 1 is 0.424 bits per heavy atom. The third-order valence-electron chi connectivity index (χ3n) is 19.2. The van der Waals surface area contributed by atoms with Gasteiger partial charge in [-0.1, -0.05) is 13.0 Å². The van der Waals surface area contributed by atoms with Crippen molar-refractivity contribution in [1.82, 2.24) is 10.6 Å². The minimum absolute atomic E-state index is 0.167. The van der Waals surface area contributed by atoms with Crippen LogP contribution in [0.3, 0.4) is 0 Å². The zero-order chi connectivity index (χ0) is 93.1. The predicted molar refractivity (Wildman–Crippen MR) is 394 cm³/mol. The molecule has 11 unspecified atom stereocenters. The Morgan fingerprint density at radius 3 is 1.40 bits per heavy atom. The van der Waals surface area contributed by atoms with Crippen molar-refractivity contribution < 1.29 is 219 Å². The van der Waals surface area contributed by atoms with E-state index in [0.29, 0.717) is 0 Å². The lowest BCUT2D eigenvalue weighted by Crippen LogP contribution is -2.75. The lowest BCUT2D eigenvalue weighted by molar-refractivity contribution is -0.436. The van der Waals surface area contributed by atoms with Crippen LogP contribution in [0.25, 0.3) is 0 Å². The maximum atomic E-state index is 15.9. The van der Waals surface area contributed by atoms with Gasteiger partial charge in [0.2, 0.25) is 17.6 Å². The number of carbonyl (C=O) groups is 18. The number of hydrogen-bond acceptors (Lipinski definition) is 46. The minimum atomic E-state index is -3.21. The number of amides is 2. The fraction of sp³-hybridized carbons (Fsp3) is 0.740. The number of rotatable bonds is 35. The monoisotopic (exact) mass is 1790 g/mol. The van der Waals surface area contributed by atoms with Crippen molar-refractivity contribution in [3.63, 3.8) is 0 Å². The minimum Gasteiger partial charge on any atom is -0.463 e. The molecule has 0 aliphatic carbocycles. The van der Waals surface area contributed by atoms with Crippen LogP contribution < -0.4 is 10.6 Å². The molecule has 0 radical (unpaired) electrons. The van der Waals surface area contributed by atoms with Crippen molar-refractivity contribution in [3.8, 4) is 0 Å². The third kappa shape index (κ3) is 28.1. The van der Waals surface area contributed by atoms with E-state index < -0.39 is 336 Å². The molecule has 7 fully saturated rings. The third-order valence-corrected chi connectivity index (χ3v) is 19.2. The van der Waals surface area contributed by atoms with Crippen LogP contribution in [0.5, 0.6) is 0 Å². The summed E-state index contributed by atoms with van der Waals surface area (Å²) in [6, 6.07) is -3.80. The largest absolute Gasteiger partial charge is 0.463 e. The average molecular weight is 1800 g/mol. The summed E-state index contributed by atoms with van der Waals surface area (Å²) in [6.45, 7) is 17.4. The predicted octanol–water partition coefficient (Wildman–Crippen LogP) is -1.70. The molecule has 700 valence electrons. The van der Waals surface area contributed by atoms with E-state index in [1.807, 2.05) is 0 Å². The van der Waals surface area contributed by atoms with Gasteiger partial charge in [0.05, 0.1) is 31.2 Å². The van der Waals surface area contributed by atoms with E-state index in [9.17, 15) is 81.5 Å². The summed E-state index contributed by atoms with van der Waals surface area (Å²) in [7, 11) is 0. The molecule has 2 amide bonds. The van der Waals surface area contributed by atoms with Gasteiger partial charge in [-0.15, -0.1) is 6.58 Å². The highest BCUT2D eigenvalue weighted by Crippen LogP contribution is 2.48. The van der Waals surface area contributed by atoms with Crippen LogP contribution in [0.1, 0.15) is 144 Å². The molecule has 125 heavy (non-hydrogen) atoms. The molecule has 0 bridgehead atoms. The summed E-state index contributed by atoms with van der Waals surface area (Å²) in [5.74, 6) is -27.0. The topological polar surface area (TPSA) is 590 Å². The highest BCUT2D eigenvalue weighted by Gasteiger charge is 2.69. The Balaban J connectivity index is 1.52. The van der Waals surface area contributed by atoms with Crippen LogP contribution in [0.4, 0.5) is 0 Å². The SMILES string of the molecule is C=CCO[C@@H]1OC(COC(C)=O)[C@H](O[C@@H]2OC(COC(C)=O)[C@H](O[C@@H]3OC(COC(C)=O)[C@@](OC(C)=O)(O[C@@H]4OC(COC(C)=O)[C@H](OC(C)=O)[C@H](OC(C)=O)C4O[C@@H]4OC(C)[C@H](OC(C)=O)[C@@H](OC(C)=O)C4OC(C)=O)CC3NC(C)=O)[C@@H]3O[C@@]4(CC(OC(C)=O)[C@H](NC(C)=O)[C@H]([C@H](OC(C)=O)[C@@H](COC(C)=O)OC(C)=O)O4)C(=O)OC23)[C@H](OC(C)=O)C1C. The Kier molecular flexibility index (Phi) is 36.8. The number of fused-ring (bicyclic) bond motifs is 1. The smallest absolute Gasteiger partial charge is 0.367 e. The van der Waals surface area contributed by atoms with E-state index in [0.717, 1.165) is 118 Å². The fourth-order valence-electron chi connectivity index (χ4n) is 14.9. The first-order chi connectivity index (χ1) is 58.5. The van der Waals surface area contributed by atoms with Crippen LogP contribution in [-0.2, 0) is 219 Å². The molecule has 30 atom stereocenters. The van der Waals surface area contributed by atoms with Gasteiger partial charge >= 0.3 is 95.5 Å². The fourth-order valence-corrected chi connectivity index (χ4v) is 14.9. The Hall–Kier alpha value is -10.3. The number of carbonyl (C=O) groups excluding carboxylic acids is 18. The van der Waals surface area contributed by atoms with Gasteiger partial charge in [-0.3, -0.25) is 81.5 Å². The lowest BCUT2D eigenvalue weighted by Gasteiger charge is -2.56. The number of ether oxygens (including phenoxy) is 28. The van der Waals surface area contributed by atoms with E-state index in [1.54, 1.807) is 0 Å². The Morgan fingerprint density at radius 2 is 0.888 bits per heavy atom. The number of esters is 16. The molecule has 1 spiro atoms. The van der Waals surface area contributed by atoms with Crippen molar-refractivity contribution in [2.24, 2.45) is 5.92 Å². The molecule has 7 heterocycles. The first-order valence-electron chi connectivity index (χ1n) is 39.2. The van der Waals surface area contributed by atoms with Crippen LogP contribution in [-0.4, -0.2) is 324 Å². The van der Waals surface area contributed by atoms with Crippen LogP contribution in [0, 0.1) is 5.92 Å². The molecule has 0 saturated carbocycles.